The SMILES string of the molecule is CN1CCC(CCNC2CCCCNC2=O)CC1. The van der Waals surface area contributed by atoms with Crippen LogP contribution in [0.25, 0.3) is 0 Å². The van der Waals surface area contributed by atoms with E-state index in [1.807, 2.05) is 0 Å². The largest absolute Gasteiger partial charge is 0.355 e. The smallest absolute Gasteiger partial charge is 0.237 e. The van der Waals surface area contributed by atoms with Gasteiger partial charge in [0, 0.05) is 6.54 Å². The number of amides is 1. The lowest BCUT2D eigenvalue weighted by atomic mass is 9.94. The molecule has 0 aromatic heterocycles. The van der Waals surface area contributed by atoms with Crippen LogP contribution in [0, 0.1) is 5.92 Å². The van der Waals surface area contributed by atoms with Crippen molar-refractivity contribution in [3.63, 3.8) is 0 Å². The molecule has 2 aliphatic heterocycles. The van der Waals surface area contributed by atoms with E-state index in [4.69, 9.17) is 0 Å². The first kappa shape index (κ1) is 13.8. The third-order valence-electron chi connectivity index (χ3n) is 4.32. The Labute approximate surface area is 110 Å². The van der Waals surface area contributed by atoms with Crippen molar-refractivity contribution in [3.8, 4) is 0 Å². The van der Waals surface area contributed by atoms with E-state index in [0.29, 0.717) is 0 Å². The van der Waals surface area contributed by atoms with Gasteiger partial charge in [0.25, 0.3) is 0 Å². The number of hydrogen-bond donors (Lipinski definition) is 2. The van der Waals surface area contributed by atoms with Crippen LogP contribution in [0.1, 0.15) is 38.5 Å². The number of hydrogen-bond acceptors (Lipinski definition) is 3. The normalized spacial score (nSPS) is 27.8. The van der Waals surface area contributed by atoms with Gasteiger partial charge in [-0.15, -0.1) is 0 Å². The fraction of sp³-hybridized carbons (Fsp3) is 0.929. The van der Waals surface area contributed by atoms with Crippen molar-refractivity contribution in [2.24, 2.45) is 5.92 Å². The Kier molecular flexibility index (Phi) is 5.45. The highest BCUT2D eigenvalue weighted by Crippen LogP contribution is 2.19. The maximum Gasteiger partial charge on any atom is 0.237 e. The number of carbonyl (C=O) groups is 1. The minimum Gasteiger partial charge on any atom is -0.355 e. The first-order valence-corrected chi connectivity index (χ1v) is 7.45. The lowest BCUT2D eigenvalue weighted by molar-refractivity contribution is -0.122. The van der Waals surface area contributed by atoms with Gasteiger partial charge >= 0.3 is 0 Å². The van der Waals surface area contributed by atoms with Crippen molar-refractivity contribution in [1.29, 1.82) is 0 Å². The molecular formula is C14H27N3O. The quantitative estimate of drug-likeness (QED) is 0.785. The molecule has 0 radical (unpaired) electrons. The summed E-state index contributed by atoms with van der Waals surface area (Å²) in [5.74, 6) is 1.05. The number of piperidine rings is 1. The van der Waals surface area contributed by atoms with E-state index >= 15 is 0 Å². The molecule has 2 fully saturated rings. The molecule has 2 aliphatic rings. The van der Waals surface area contributed by atoms with E-state index in [9.17, 15) is 4.79 Å². The van der Waals surface area contributed by atoms with Crippen LogP contribution in [0.5, 0.6) is 0 Å². The number of carbonyl (C=O) groups excluding carboxylic acids is 1. The van der Waals surface area contributed by atoms with Crippen LogP contribution < -0.4 is 10.6 Å². The molecule has 2 saturated heterocycles. The zero-order valence-electron chi connectivity index (χ0n) is 11.6. The molecule has 2 heterocycles. The Morgan fingerprint density at radius 3 is 2.83 bits per heavy atom. The van der Waals surface area contributed by atoms with Gasteiger partial charge in [0.1, 0.15) is 0 Å². The van der Waals surface area contributed by atoms with Crippen LogP contribution in [0.4, 0.5) is 0 Å². The van der Waals surface area contributed by atoms with Gasteiger partial charge in [-0.3, -0.25) is 4.79 Å². The van der Waals surface area contributed by atoms with Gasteiger partial charge in [-0.05, 0) is 71.1 Å². The molecule has 2 N–H and O–H groups in total. The Morgan fingerprint density at radius 1 is 1.28 bits per heavy atom. The first-order valence-electron chi connectivity index (χ1n) is 7.45. The van der Waals surface area contributed by atoms with Gasteiger partial charge in [-0.2, -0.15) is 0 Å². The standard InChI is InChI=1S/C14H27N3O/c1-17-10-6-12(7-11-17)5-9-15-13-4-2-3-8-16-14(13)18/h12-13,15H,2-11H2,1H3,(H,16,18). The zero-order valence-corrected chi connectivity index (χ0v) is 11.6. The minimum atomic E-state index is 0.0544. The first-order chi connectivity index (χ1) is 8.75. The summed E-state index contributed by atoms with van der Waals surface area (Å²) in [6, 6.07) is 0.0544. The Morgan fingerprint density at radius 2 is 2.06 bits per heavy atom. The van der Waals surface area contributed by atoms with E-state index in [-0.39, 0.29) is 11.9 Å². The lowest BCUT2D eigenvalue weighted by Crippen LogP contribution is -2.43. The summed E-state index contributed by atoms with van der Waals surface area (Å²) < 4.78 is 0. The average Bonchev–Trinajstić information content (AvgIpc) is 2.57. The van der Waals surface area contributed by atoms with E-state index < -0.39 is 0 Å². The van der Waals surface area contributed by atoms with Crippen molar-refractivity contribution in [2.45, 2.75) is 44.6 Å². The van der Waals surface area contributed by atoms with Crippen LogP contribution in [-0.2, 0) is 4.79 Å². The molecule has 4 nitrogen and oxygen atoms in total. The molecule has 0 aromatic rings. The van der Waals surface area contributed by atoms with Crippen LogP contribution in [-0.4, -0.2) is 50.1 Å². The van der Waals surface area contributed by atoms with E-state index in [2.05, 4.69) is 22.6 Å². The highest BCUT2D eigenvalue weighted by atomic mass is 16.2. The summed E-state index contributed by atoms with van der Waals surface area (Å²) in [4.78, 5) is 14.2. The summed E-state index contributed by atoms with van der Waals surface area (Å²) in [6.07, 6.45) is 7.13. The molecular weight excluding hydrogens is 226 g/mol. The van der Waals surface area contributed by atoms with Crippen molar-refractivity contribution >= 4 is 5.91 Å². The average molecular weight is 253 g/mol. The second kappa shape index (κ2) is 7.10. The molecule has 1 atom stereocenters. The van der Waals surface area contributed by atoms with E-state index in [1.54, 1.807) is 0 Å². The Hall–Kier alpha value is -0.610. The van der Waals surface area contributed by atoms with Crippen molar-refractivity contribution in [1.82, 2.24) is 15.5 Å². The summed E-state index contributed by atoms with van der Waals surface area (Å²) >= 11 is 0. The molecule has 0 spiro atoms. The maximum absolute atomic E-state index is 11.8. The number of rotatable bonds is 4. The van der Waals surface area contributed by atoms with Gasteiger partial charge in [0.05, 0.1) is 6.04 Å². The van der Waals surface area contributed by atoms with Crippen LogP contribution >= 0.6 is 0 Å². The molecule has 18 heavy (non-hydrogen) atoms. The van der Waals surface area contributed by atoms with E-state index in [1.165, 1.54) is 32.4 Å². The van der Waals surface area contributed by atoms with Gasteiger partial charge in [0.15, 0.2) is 0 Å². The summed E-state index contributed by atoms with van der Waals surface area (Å²) in [6.45, 7) is 4.31. The minimum absolute atomic E-state index is 0.0544. The van der Waals surface area contributed by atoms with Gasteiger partial charge in [-0.25, -0.2) is 0 Å². The predicted molar refractivity (Wildman–Crippen MR) is 73.5 cm³/mol. The molecule has 1 unspecified atom stereocenters. The van der Waals surface area contributed by atoms with Crippen molar-refractivity contribution in [2.75, 3.05) is 33.2 Å². The highest BCUT2D eigenvalue weighted by molar-refractivity contribution is 5.81. The molecule has 1 amide bonds. The van der Waals surface area contributed by atoms with Crippen LogP contribution in [0.3, 0.4) is 0 Å². The molecule has 0 aliphatic carbocycles. The fourth-order valence-electron chi connectivity index (χ4n) is 2.95. The van der Waals surface area contributed by atoms with Crippen LogP contribution in [0.15, 0.2) is 0 Å². The summed E-state index contributed by atoms with van der Waals surface area (Å²) in [7, 11) is 2.20. The Bertz CT molecular complexity index is 262. The Balaban J connectivity index is 1.63. The molecule has 0 aromatic carbocycles. The topological polar surface area (TPSA) is 44.4 Å². The molecule has 0 bridgehead atoms. The third kappa shape index (κ3) is 4.25. The van der Waals surface area contributed by atoms with E-state index in [0.717, 1.165) is 38.3 Å². The van der Waals surface area contributed by atoms with Gasteiger partial charge < -0.3 is 15.5 Å². The number of likely N-dealkylation sites (tertiary alicyclic amines) is 1. The number of nitrogens with one attached hydrogen (secondary N) is 2. The summed E-state index contributed by atoms with van der Waals surface area (Å²) in [5, 5.41) is 6.42. The highest BCUT2D eigenvalue weighted by Gasteiger charge is 2.21. The lowest BCUT2D eigenvalue weighted by Gasteiger charge is -2.29. The van der Waals surface area contributed by atoms with Crippen molar-refractivity contribution in [3.05, 3.63) is 0 Å². The summed E-state index contributed by atoms with van der Waals surface area (Å²) in [5.41, 5.74) is 0. The maximum atomic E-state index is 11.8. The monoisotopic (exact) mass is 253 g/mol. The van der Waals surface area contributed by atoms with Gasteiger partial charge in [-0.1, -0.05) is 0 Å². The molecule has 104 valence electrons. The molecule has 2 rings (SSSR count). The molecule has 0 saturated carbocycles. The predicted octanol–water partition coefficient (Wildman–Crippen LogP) is 0.977. The second-order valence-electron chi connectivity index (χ2n) is 5.83. The molecule has 4 heteroatoms. The van der Waals surface area contributed by atoms with Crippen LogP contribution in [0.2, 0.25) is 0 Å². The second-order valence-corrected chi connectivity index (χ2v) is 5.83. The van der Waals surface area contributed by atoms with Crippen molar-refractivity contribution < 1.29 is 4.79 Å². The third-order valence-corrected chi connectivity index (χ3v) is 4.32. The fourth-order valence-corrected chi connectivity index (χ4v) is 2.95. The number of nitrogens with zero attached hydrogens (tertiary/aromatic N) is 1. The van der Waals surface area contributed by atoms with Gasteiger partial charge in [0.2, 0.25) is 5.91 Å². The zero-order chi connectivity index (χ0) is 12.8.